The van der Waals surface area contributed by atoms with Crippen LogP contribution in [0.2, 0.25) is 0 Å². The number of hydrogen-bond donors (Lipinski definition) is 2. The summed E-state index contributed by atoms with van der Waals surface area (Å²) in [5.74, 6) is 5.99. The average molecular weight is 296 g/mol. The zero-order valence-corrected chi connectivity index (χ0v) is 13.0. The quantitative estimate of drug-likeness (QED) is 0.641. The molecule has 1 aromatic carbocycles. The van der Waals surface area contributed by atoms with Crippen molar-refractivity contribution in [1.29, 1.82) is 0 Å². The van der Waals surface area contributed by atoms with Crippen molar-refractivity contribution in [3.8, 4) is 0 Å². The van der Waals surface area contributed by atoms with Gasteiger partial charge >= 0.3 is 0 Å². The SMILES string of the molecule is CC(C(CC1CCCc2ccccc21)NN)S(C)(=O)=O. The number of sulfone groups is 1. The third-order valence-electron chi connectivity index (χ3n) is 4.49. The number of aryl methyl sites for hydroxylation is 1. The number of nitrogens with two attached hydrogens (primary N) is 1. The van der Waals surface area contributed by atoms with Crippen LogP contribution >= 0.6 is 0 Å². The van der Waals surface area contributed by atoms with E-state index in [9.17, 15) is 8.42 Å². The Morgan fingerprint density at radius 2 is 2.10 bits per heavy atom. The maximum atomic E-state index is 11.7. The van der Waals surface area contributed by atoms with Crippen molar-refractivity contribution in [3.63, 3.8) is 0 Å². The highest BCUT2D eigenvalue weighted by Crippen LogP contribution is 2.35. The van der Waals surface area contributed by atoms with E-state index < -0.39 is 15.1 Å². The van der Waals surface area contributed by atoms with Crippen molar-refractivity contribution in [3.05, 3.63) is 35.4 Å². The first-order valence-electron chi connectivity index (χ1n) is 7.16. The maximum Gasteiger partial charge on any atom is 0.151 e. The van der Waals surface area contributed by atoms with Gasteiger partial charge in [-0.1, -0.05) is 24.3 Å². The van der Waals surface area contributed by atoms with Gasteiger partial charge in [0.25, 0.3) is 0 Å². The molecular formula is C15H24N2O2S. The van der Waals surface area contributed by atoms with E-state index in [4.69, 9.17) is 5.84 Å². The maximum absolute atomic E-state index is 11.7. The fraction of sp³-hybridized carbons (Fsp3) is 0.600. The first-order chi connectivity index (χ1) is 9.43. The van der Waals surface area contributed by atoms with Gasteiger partial charge in [0.05, 0.1) is 5.25 Å². The van der Waals surface area contributed by atoms with Crippen LogP contribution in [0.5, 0.6) is 0 Å². The number of fused-ring (bicyclic) bond motifs is 1. The molecule has 1 aliphatic carbocycles. The summed E-state index contributed by atoms with van der Waals surface area (Å²) in [6.45, 7) is 1.73. The van der Waals surface area contributed by atoms with E-state index in [2.05, 4.69) is 29.7 Å². The van der Waals surface area contributed by atoms with Gasteiger partial charge in [0, 0.05) is 12.3 Å². The molecular weight excluding hydrogens is 272 g/mol. The van der Waals surface area contributed by atoms with E-state index in [1.165, 1.54) is 17.4 Å². The molecule has 0 radical (unpaired) electrons. The minimum absolute atomic E-state index is 0.207. The standard InChI is InChI=1S/C15H24N2O2S/c1-11(20(2,18)19)15(17-16)10-13-8-5-7-12-6-3-4-9-14(12)13/h3-4,6,9,11,13,15,17H,5,7-8,10,16H2,1-2H3. The summed E-state index contributed by atoms with van der Waals surface area (Å²) in [6, 6.07) is 8.26. The van der Waals surface area contributed by atoms with Crippen LogP contribution in [0.3, 0.4) is 0 Å². The number of nitrogens with one attached hydrogen (secondary N) is 1. The Morgan fingerprint density at radius 1 is 1.40 bits per heavy atom. The Morgan fingerprint density at radius 3 is 2.75 bits per heavy atom. The van der Waals surface area contributed by atoms with Crippen LogP contribution < -0.4 is 11.3 Å². The van der Waals surface area contributed by atoms with Gasteiger partial charge in [-0.05, 0) is 49.7 Å². The van der Waals surface area contributed by atoms with Crippen LogP contribution in [0.15, 0.2) is 24.3 Å². The fourth-order valence-corrected chi connectivity index (χ4v) is 3.89. The van der Waals surface area contributed by atoms with Gasteiger partial charge in [-0.3, -0.25) is 11.3 Å². The Labute approximate surface area is 121 Å². The van der Waals surface area contributed by atoms with Gasteiger partial charge in [0.2, 0.25) is 0 Å². The van der Waals surface area contributed by atoms with Crippen LogP contribution in [-0.2, 0) is 16.3 Å². The Bertz CT molecular complexity index is 557. The monoisotopic (exact) mass is 296 g/mol. The third kappa shape index (κ3) is 3.40. The zero-order valence-electron chi connectivity index (χ0n) is 12.2. The Kier molecular flexibility index (Phi) is 4.83. The molecule has 3 unspecified atom stereocenters. The molecule has 0 heterocycles. The highest BCUT2D eigenvalue weighted by Gasteiger charge is 2.29. The molecule has 4 nitrogen and oxygen atoms in total. The lowest BCUT2D eigenvalue weighted by Crippen LogP contribution is -2.46. The van der Waals surface area contributed by atoms with Gasteiger partial charge in [-0.15, -0.1) is 0 Å². The van der Waals surface area contributed by atoms with Crippen molar-refractivity contribution in [2.24, 2.45) is 5.84 Å². The summed E-state index contributed by atoms with van der Waals surface area (Å²) in [6.07, 6.45) is 5.42. The van der Waals surface area contributed by atoms with Crippen LogP contribution in [0.25, 0.3) is 0 Å². The van der Waals surface area contributed by atoms with Gasteiger partial charge in [0.15, 0.2) is 9.84 Å². The predicted octanol–water partition coefficient (Wildman–Crippen LogP) is 1.76. The van der Waals surface area contributed by atoms with Crippen molar-refractivity contribution in [2.45, 2.75) is 49.8 Å². The number of hydrazine groups is 1. The van der Waals surface area contributed by atoms with E-state index in [1.807, 2.05) is 0 Å². The van der Waals surface area contributed by atoms with E-state index in [1.54, 1.807) is 6.92 Å². The van der Waals surface area contributed by atoms with E-state index in [0.717, 1.165) is 25.7 Å². The minimum atomic E-state index is -3.08. The number of rotatable bonds is 5. The highest BCUT2D eigenvalue weighted by atomic mass is 32.2. The Balaban J connectivity index is 2.17. The average Bonchev–Trinajstić information content (AvgIpc) is 2.43. The van der Waals surface area contributed by atoms with Crippen LogP contribution in [0.1, 0.15) is 43.2 Å². The molecule has 0 bridgehead atoms. The molecule has 0 aliphatic heterocycles. The van der Waals surface area contributed by atoms with Crippen molar-refractivity contribution < 1.29 is 8.42 Å². The van der Waals surface area contributed by atoms with Crippen LogP contribution in [0.4, 0.5) is 0 Å². The molecule has 3 atom stereocenters. The highest BCUT2D eigenvalue weighted by molar-refractivity contribution is 7.91. The van der Waals surface area contributed by atoms with E-state index in [-0.39, 0.29) is 6.04 Å². The fourth-order valence-electron chi connectivity index (χ4n) is 3.10. The summed E-state index contributed by atoms with van der Waals surface area (Å²) < 4.78 is 23.4. The van der Waals surface area contributed by atoms with Crippen molar-refractivity contribution in [2.75, 3.05) is 6.26 Å². The first-order valence-corrected chi connectivity index (χ1v) is 9.11. The van der Waals surface area contributed by atoms with Gasteiger partial charge in [-0.25, -0.2) is 8.42 Å². The van der Waals surface area contributed by atoms with Gasteiger partial charge in [-0.2, -0.15) is 0 Å². The summed E-state index contributed by atoms with van der Waals surface area (Å²) in [5.41, 5.74) is 5.46. The summed E-state index contributed by atoms with van der Waals surface area (Å²) >= 11 is 0. The number of benzene rings is 1. The lowest BCUT2D eigenvalue weighted by Gasteiger charge is -2.30. The molecule has 3 N–H and O–H groups in total. The number of hydrogen-bond acceptors (Lipinski definition) is 4. The molecule has 5 heteroatoms. The van der Waals surface area contributed by atoms with Gasteiger partial charge in [0.1, 0.15) is 0 Å². The largest absolute Gasteiger partial charge is 0.271 e. The molecule has 2 rings (SSSR count). The topological polar surface area (TPSA) is 72.2 Å². The molecule has 0 amide bonds. The second kappa shape index (κ2) is 6.24. The van der Waals surface area contributed by atoms with Crippen molar-refractivity contribution in [1.82, 2.24) is 5.43 Å². The predicted molar refractivity (Wildman–Crippen MR) is 82.2 cm³/mol. The van der Waals surface area contributed by atoms with E-state index >= 15 is 0 Å². The second-order valence-corrected chi connectivity index (χ2v) is 8.23. The molecule has 0 fully saturated rings. The summed E-state index contributed by atoms with van der Waals surface area (Å²) in [5, 5.41) is -0.471. The van der Waals surface area contributed by atoms with Crippen molar-refractivity contribution >= 4 is 9.84 Å². The molecule has 20 heavy (non-hydrogen) atoms. The lowest BCUT2D eigenvalue weighted by molar-refractivity contribution is 0.405. The minimum Gasteiger partial charge on any atom is -0.271 e. The Hall–Kier alpha value is -0.910. The molecule has 112 valence electrons. The normalized spacial score (nSPS) is 22.1. The molecule has 0 saturated heterocycles. The first kappa shape index (κ1) is 15.5. The second-order valence-electron chi connectivity index (χ2n) is 5.83. The summed E-state index contributed by atoms with van der Waals surface area (Å²) in [7, 11) is -3.08. The molecule has 0 aromatic heterocycles. The molecule has 0 spiro atoms. The van der Waals surface area contributed by atoms with Gasteiger partial charge < -0.3 is 0 Å². The zero-order chi connectivity index (χ0) is 14.8. The lowest BCUT2D eigenvalue weighted by atomic mass is 9.79. The molecule has 0 saturated carbocycles. The van der Waals surface area contributed by atoms with Crippen LogP contribution in [-0.4, -0.2) is 26.0 Å². The summed E-state index contributed by atoms with van der Waals surface area (Å²) in [4.78, 5) is 0. The third-order valence-corrected chi connectivity index (χ3v) is 6.17. The molecule has 1 aliphatic rings. The molecule has 1 aromatic rings. The van der Waals surface area contributed by atoms with E-state index in [0.29, 0.717) is 5.92 Å². The van der Waals surface area contributed by atoms with Crippen LogP contribution in [0, 0.1) is 0 Å². The smallest absolute Gasteiger partial charge is 0.151 e.